The van der Waals surface area contributed by atoms with Crippen LogP contribution in [0.3, 0.4) is 0 Å². The van der Waals surface area contributed by atoms with Crippen molar-refractivity contribution in [2.45, 2.75) is 19.6 Å². The van der Waals surface area contributed by atoms with Crippen LogP contribution in [0.15, 0.2) is 238 Å². The van der Waals surface area contributed by atoms with E-state index in [0.717, 1.165) is 11.4 Å². The van der Waals surface area contributed by atoms with Crippen LogP contribution < -0.4 is 9.80 Å². The van der Waals surface area contributed by atoms with Crippen molar-refractivity contribution >= 4 is 101 Å². The minimum atomic E-state index is 1.16. The van der Waals surface area contributed by atoms with Crippen molar-refractivity contribution in [3.05, 3.63) is 218 Å². The summed E-state index contributed by atoms with van der Waals surface area (Å²) >= 11 is 3.70. The van der Waals surface area contributed by atoms with Gasteiger partial charge >= 0.3 is 0 Å². The first-order chi connectivity index (χ1) is 30.8. The zero-order chi connectivity index (χ0) is 40.7. The molecule has 2 aliphatic heterocycles. The van der Waals surface area contributed by atoms with E-state index in [4.69, 9.17) is 0 Å². The maximum atomic E-state index is 2.52. The van der Waals surface area contributed by atoms with Gasteiger partial charge in [0, 0.05) is 41.5 Å². The molecule has 2 heterocycles. The molecule has 0 radical (unpaired) electrons. The molecule has 11 aromatic carbocycles. The van der Waals surface area contributed by atoms with E-state index in [1.165, 1.54) is 108 Å². The summed E-state index contributed by atoms with van der Waals surface area (Å²) in [4.78, 5) is 10.0. The van der Waals surface area contributed by atoms with Gasteiger partial charge in [-0.1, -0.05) is 181 Å². The summed E-state index contributed by atoms with van der Waals surface area (Å²) in [5, 5.41) is 9.78. The standard InChI is InChI=1S/C58H36N2S2/c1-3-21-39-37(17-1)19-13-23-41(39)55-43-25-15-32-50(60-47-29-7-11-35-53(47)62-54-36-12-8-30-48(54)60)58(43)56(42-24-14-20-38-18-2-4-22-40(38)42)44-26-16-31-49(57(44)55)59-45-27-5-9-33-51(45)61-52-34-10-6-28-46(52)59/h1-36H. The molecule has 0 N–H and O–H groups in total. The quantitative estimate of drug-likeness (QED) is 0.163. The molecule has 0 aromatic heterocycles. The molecule has 62 heavy (non-hydrogen) atoms. The first-order valence-electron chi connectivity index (χ1n) is 21.1. The van der Waals surface area contributed by atoms with E-state index in [1.54, 1.807) is 0 Å². The fourth-order valence-corrected chi connectivity index (χ4v) is 12.2. The number of anilines is 6. The Morgan fingerprint density at radius 1 is 0.242 bits per heavy atom. The Morgan fingerprint density at radius 2 is 0.532 bits per heavy atom. The SMILES string of the molecule is c1ccc2c(c1)Sc1ccccc1N2c1cccc2c(-c3cccc4ccccc34)c3c(N4c5ccccc5Sc5ccccc54)cccc3c(-c3cccc4ccccc34)c12. The van der Waals surface area contributed by atoms with Crippen molar-refractivity contribution in [1.82, 2.24) is 0 Å². The maximum absolute atomic E-state index is 2.52. The largest absolute Gasteiger partial charge is 0.308 e. The van der Waals surface area contributed by atoms with E-state index >= 15 is 0 Å². The Hall–Kier alpha value is -7.24. The van der Waals surface area contributed by atoms with Crippen LogP contribution in [0.25, 0.3) is 65.3 Å². The molecule has 2 nitrogen and oxygen atoms in total. The summed E-state index contributed by atoms with van der Waals surface area (Å²) < 4.78 is 0. The van der Waals surface area contributed by atoms with E-state index in [0.29, 0.717) is 0 Å². The van der Waals surface area contributed by atoms with Gasteiger partial charge in [0.25, 0.3) is 0 Å². The van der Waals surface area contributed by atoms with Crippen LogP contribution in [0, 0.1) is 0 Å². The molecule has 13 rings (SSSR count). The minimum absolute atomic E-state index is 1.16. The van der Waals surface area contributed by atoms with Gasteiger partial charge in [0.1, 0.15) is 0 Å². The second kappa shape index (κ2) is 14.2. The van der Waals surface area contributed by atoms with Gasteiger partial charge in [0.05, 0.1) is 34.1 Å². The summed E-state index contributed by atoms with van der Waals surface area (Å²) in [6.45, 7) is 0. The van der Waals surface area contributed by atoms with Gasteiger partial charge in [-0.25, -0.2) is 0 Å². The lowest BCUT2D eigenvalue weighted by Gasteiger charge is -2.36. The van der Waals surface area contributed by atoms with Crippen molar-refractivity contribution < 1.29 is 0 Å². The topological polar surface area (TPSA) is 6.48 Å². The fourth-order valence-electron chi connectivity index (χ4n) is 10.0. The van der Waals surface area contributed by atoms with E-state index in [-0.39, 0.29) is 0 Å². The third-order valence-electron chi connectivity index (χ3n) is 12.6. The molecular formula is C58H36N2S2. The molecule has 0 unspecified atom stereocenters. The third-order valence-corrected chi connectivity index (χ3v) is 14.8. The van der Waals surface area contributed by atoms with E-state index in [1.807, 2.05) is 23.5 Å². The first-order valence-corrected chi connectivity index (χ1v) is 22.7. The van der Waals surface area contributed by atoms with Gasteiger partial charge in [0.2, 0.25) is 0 Å². The van der Waals surface area contributed by atoms with Crippen LogP contribution in [-0.2, 0) is 0 Å². The monoisotopic (exact) mass is 824 g/mol. The Labute approximate surface area is 368 Å². The second-order valence-corrected chi connectivity index (χ2v) is 18.1. The molecular weight excluding hydrogens is 789 g/mol. The summed E-state index contributed by atoms with van der Waals surface area (Å²) in [5.74, 6) is 0. The molecule has 0 fully saturated rings. The smallest absolute Gasteiger partial charge is 0.0601 e. The second-order valence-electron chi connectivity index (χ2n) is 15.9. The van der Waals surface area contributed by atoms with Crippen LogP contribution in [0.1, 0.15) is 0 Å². The Balaban J connectivity index is 1.27. The van der Waals surface area contributed by atoms with Crippen LogP contribution >= 0.6 is 23.5 Å². The summed E-state index contributed by atoms with van der Waals surface area (Å²) in [6, 6.07) is 80.9. The van der Waals surface area contributed by atoms with E-state index in [2.05, 4.69) is 228 Å². The number of para-hydroxylation sites is 4. The van der Waals surface area contributed by atoms with E-state index in [9.17, 15) is 0 Å². The Bertz CT molecular complexity index is 3290. The summed E-state index contributed by atoms with van der Waals surface area (Å²) in [6.07, 6.45) is 0. The molecule has 11 aromatic rings. The van der Waals surface area contributed by atoms with Gasteiger partial charge in [-0.2, -0.15) is 0 Å². The molecule has 0 amide bonds. The number of nitrogens with zero attached hydrogens (tertiary/aromatic N) is 2. The van der Waals surface area contributed by atoms with E-state index < -0.39 is 0 Å². The zero-order valence-electron chi connectivity index (χ0n) is 33.5. The normalized spacial score (nSPS) is 13.0. The van der Waals surface area contributed by atoms with Crippen molar-refractivity contribution in [3.63, 3.8) is 0 Å². The highest BCUT2D eigenvalue weighted by Crippen LogP contribution is 2.59. The van der Waals surface area contributed by atoms with Gasteiger partial charge < -0.3 is 9.80 Å². The fraction of sp³-hybridized carbons (Fsp3) is 0. The Morgan fingerprint density at radius 3 is 0.935 bits per heavy atom. The molecule has 0 saturated heterocycles. The zero-order valence-corrected chi connectivity index (χ0v) is 35.1. The summed E-state index contributed by atoms with van der Waals surface area (Å²) in [7, 11) is 0. The van der Waals surface area contributed by atoms with Crippen molar-refractivity contribution in [2.75, 3.05) is 9.80 Å². The highest BCUT2D eigenvalue weighted by Gasteiger charge is 2.32. The van der Waals surface area contributed by atoms with Crippen molar-refractivity contribution in [3.8, 4) is 22.3 Å². The van der Waals surface area contributed by atoms with Crippen LogP contribution in [0.5, 0.6) is 0 Å². The lowest BCUT2D eigenvalue weighted by atomic mass is 9.82. The number of fused-ring (bicyclic) bond motifs is 8. The molecule has 0 saturated carbocycles. The molecule has 290 valence electrons. The predicted octanol–water partition coefficient (Wildman–Crippen LogP) is 17.5. The highest BCUT2D eigenvalue weighted by atomic mass is 32.2. The molecule has 0 bridgehead atoms. The average Bonchev–Trinajstić information content (AvgIpc) is 3.33. The van der Waals surface area contributed by atoms with Crippen LogP contribution in [-0.4, -0.2) is 0 Å². The maximum Gasteiger partial charge on any atom is 0.0601 e. The Kier molecular flexibility index (Phi) is 8.12. The van der Waals surface area contributed by atoms with Crippen molar-refractivity contribution in [1.29, 1.82) is 0 Å². The van der Waals surface area contributed by atoms with Gasteiger partial charge in [0.15, 0.2) is 0 Å². The lowest BCUT2D eigenvalue weighted by molar-refractivity contribution is 1.17. The molecule has 2 aliphatic rings. The first kappa shape index (κ1) is 35.5. The molecule has 0 spiro atoms. The number of hydrogen-bond donors (Lipinski definition) is 0. The molecule has 0 aliphatic carbocycles. The summed E-state index contributed by atoms with van der Waals surface area (Å²) in [5.41, 5.74) is 12.0. The van der Waals surface area contributed by atoms with Crippen LogP contribution in [0.2, 0.25) is 0 Å². The lowest BCUT2D eigenvalue weighted by Crippen LogP contribution is -2.16. The van der Waals surface area contributed by atoms with Gasteiger partial charge in [-0.15, -0.1) is 0 Å². The number of rotatable bonds is 4. The predicted molar refractivity (Wildman–Crippen MR) is 265 cm³/mol. The highest BCUT2D eigenvalue weighted by molar-refractivity contribution is 8.00. The number of benzene rings is 11. The van der Waals surface area contributed by atoms with Crippen LogP contribution in [0.4, 0.5) is 34.1 Å². The minimum Gasteiger partial charge on any atom is -0.308 e. The molecule has 4 heteroatoms. The third kappa shape index (κ3) is 5.34. The van der Waals surface area contributed by atoms with Gasteiger partial charge in [-0.05, 0) is 104 Å². The molecule has 0 atom stereocenters. The van der Waals surface area contributed by atoms with Crippen molar-refractivity contribution in [2.24, 2.45) is 0 Å². The van der Waals surface area contributed by atoms with Gasteiger partial charge in [-0.3, -0.25) is 0 Å². The average molecular weight is 825 g/mol. The number of hydrogen-bond acceptors (Lipinski definition) is 4.